The Labute approximate surface area is 120 Å². The zero-order chi connectivity index (χ0) is 15.0. The van der Waals surface area contributed by atoms with Gasteiger partial charge in [0.05, 0.1) is 23.3 Å². The number of carbonyl (C=O) groups is 1. The molecule has 2 heterocycles. The number of esters is 1. The first-order valence-corrected chi connectivity index (χ1v) is 6.61. The van der Waals surface area contributed by atoms with Gasteiger partial charge in [-0.15, -0.1) is 0 Å². The third-order valence-electron chi connectivity index (χ3n) is 3.33. The van der Waals surface area contributed by atoms with Gasteiger partial charge < -0.3 is 9.15 Å². The van der Waals surface area contributed by atoms with Crippen molar-refractivity contribution >= 4 is 27.7 Å². The molecule has 0 saturated carbocycles. The normalized spacial score (nSPS) is 11.0. The van der Waals surface area contributed by atoms with E-state index in [0.717, 1.165) is 0 Å². The number of nitrogens with zero attached hydrogens (tertiary/aromatic N) is 1. The van der Waals surface area contributed by atoms with E-state index in [1.807, 2.05) is 12.1 Å². The number of pyridine rings is 1. The number of aryl methyl sites for hydroxylation is 1. The van der Waals surface area contributed by atoms with E-state index in [-0.39, 0.29) is 12.0 Å². The van der Waals surface area contributed by atoms with Crippen molar-refractivity contribution in [3.63, 3.8) is 0 Å². The van der Waals surface area contributed by atoms with E-state index < -0.39 is 11.6 Å². The highest BCUT2D eigenvalue weighted by molar-refractivity contribution is 6.15. The number of aromatic nitrogens is 1. The molecule has 0 fully saturated rings. The second kappa shape index (κ2) is 5.01. The standard InChI is InChI=1S/C16H13NO4/c1-3-20-16(19)13-9(2)17-8-11-14(13)10-6-4-5-7-12(10)21-15(11)18/h4-8H,3H2,1-2H3. The number of benzene rings is 1. The van der Waals surface area contributed by atoms with Crippen molar-refractivity contribution in [1.82, 2.24) is 4.98 Å². The van der Waals surface area contributed by atoms with Crippen molar-refractivity contribution < 1.29 is 13.9 Å². The minimum absolute atomic E-state index is 0.258. The van der Waals surface area contributed by atoms with Gasteiger partial charge in [0, 0.05) is 17.0 Å². The number of carbonyl (C=O) groups excluding carboxylic acids is 1. The summed E-state index contributed by atoms with van der Waals surface area (Å²) in [6.45, 7) is 3.71. The lowest BCUT2D eigenvalue weighted by Crippen LogP contribution is -2.11. The first-order chi connectivity index (χ1) is 10.1. The topological polar surface area (TPSA) is 69.4 Å². The summed E-state index contributed by atoms with van der Waals surface area (Å²) in [5.74, 6) is -0.483. The largest absolute Gasteiger partial charge is 0.462 e. The molecule has 3 rings (SSSR count). The summed E-state index contributed by atoms with van der Waals surface area (Å²) >= 11 is 0. The summed E-state index contributed by atoms with van der Waals surface area (Å²) in [7, 11) is 0. The molecule has 0 N–H and O–H groups in total. The summed E-state index contributed by atoms with van der Waals surface area (Å²) in [6, 6.07) is 7.10. The summed E-state index contributed by atoms with van der Waals surface area (Å²) in [5.41, 5.74) is 0.767. The van der Waals surface area contributed by atoms with Gasteiger partial charge >= 0.3 is 11.6 Å². The van der Waals surface area contributed by atoms with Gasteiger partial charge in [-0.25, -0.2) is 9.59 Å². The monoisotopic (exact) mass is 283 g/mol. The molecule has 0 radical (unpaired) electrons. The lowest BCUT2D eigenvalue weighted by molar-refractivity contribution is 0.0527. The molecular formula is C16H13NO4. The van der Waals surface area contributed by atoms with E-state index in [9.17, 15) is 9.59 Å². The molecule has 0 spiro atoms. The van der Waals surface area contributed by atoms with Crippen LogP contribution in [0.4, 0.5) is 0 Å². The van der Waals surface area contributed by atoms with Gasteiger partial charge in [0.25, 0.3) is 0 Å². The van der Waals surface area contributed by atoms with Gasteiger partial charge in [-0.2, -0.15) is 0 Å². The highest BCUT2D eigenvalue weighted by Gasteiger charge is 2.20. The number of ether oxygens (including phenoxy) is 1. The van der Waals surface area contributed by atoms with Gasteiger partial charge in [-0.1, -0.05) is 18.2 Å². The minimum atomic E-state index is -0.512. The maximum Gasteiger partial charge on any atom is 0.345 e. The fraction of sp³-hybridized carbons (Fsp3) is 0.188. The Bertz CT molecular complexity index is 911. The highest BCUT2D eigenvalue weighted by atomic mass is 16.5. The summed E-state index contributed by atoms with van der Waals surface area (Å²) in [6.07, 6.45) is 1.44. The summed E-state index contributed by atoms with van der Waals surface area (Å²) in [5, 5.41) is 1.51. The molecule has 0 atom stereocenters. The number of para-hydroxylation sites is 1. The van der Waals surface area contributed by atoms with Crippen molar-refractivity contribution in [2.75, 3.05) is 6.61 Å². The Morgan fingerprint density at radius 1 is 1.29 bits per heavy atom. The SMILES string of the molecule is CCOC(=O)c1c(C)ncc2c(=O)oc3ccccc3c12. The molecule has 5 heteroatoms. The number of hydrogen-bond acceptors (Lipinski definition) is 5. The Morgan fingerprint density at radius 2 is 2.05 bits per heavy atom. The second-order valence-corrected chi connectivity index (χ2v) is 4.61. The summed E-state index contributed by atoms with van der Waals surface area (Å²) in [4.78, 5) is 28.4. The van der Waals surface area contributed by atoms with Crippen LogP contribution >= 0.6 is 0 Å². The zero-order valence-electron chi connectivity index (χ0n) is 11.7. The Hall–Kier alpha value is -2.69. The van der Waals surface area contributed by atoms with E-state index in [1.54, 1.807) is 26.0 Å². The number of hydrogen-bond donors (Lipinski definition) is 0. The van der Waals surface area contributed by atoms with Crippen molar-refractivity contribution in [2.45, 2.75) is 13.8 Å². The average molecular weight is 283 g/mol. The zero-order valence-corrected chi connectivity index (χ0v) is 11.7. The van der Waals surface area contributed by atoms with Crippen LogP contribution in [0.2, 0.25) is 0 Å². The molecule has 0 unspecified atom stereocenters. The predicted molar refractivity (Wildman–Crippen MR) is 78.5 cm³/mol. The van der Waals surface area contributed by atoms with Crippen molar-refractivity contribution in [1.29, 1.82) is 0 Å². The van der Waals surface area contributed by atoms with Crippen molar-refractivity contribution in [3.05, 3.63) is 52.1 Å². The quantitative estimate of drug-likeness (QED) is 0.411. The Morgan fingerprint density at radius 3 is 2.81 bits per heavy atom. The molecular weight excluding hydrogens is 270 g/mol. The lowest BCUT2D eigenvalue weighted by Gasteiger charge is -2.10. The van der Waals surface area contributed by atoms with Gasteiger partial charge in [0.2, 0.25) is 0 Å². The Balaban J connectivity index is 2.54. The van der Waals surface area contributed by atoms with E-state index in [2.05, 4.69) is 4.98 Å². The number of fused-ring (bicyclic) bond motifs is 3. The molecule has 0 amide bonds. The highest BCUT2D eigenvalue weighted by Crippen LogP contribution is 2.27. The van der Waals surface area contributed by atoms with Crippen LogP contribution in [0.15, 0.2) is 39.7 Å². The third kappa shape index (κ3) is 2.07. The van der Waals surface area contributed by atoms with Crippen LogP contribution < -0.4 is 5.63 Å². The van der Waals surface area contributed by atoms with E-state index in [0.29, 0.717) is 27.6 Å². The second-order valence-electron chi connectivity index (χ2n) is 4.61. The maximum absolute atomic E-state index is 12.2. The molecule has 2 aromatic heterocycles. The Kier molecular flexibility index (Phi) is 3.17. The van der Waals surface area contributed by atoms with Crippen LogP contribution in [0.5, 0.6) is 0 Å². The maximum atomic E-state index is 12.2. The van der Waals surface area contributed by atoms with Crippen molar-refractivity contribution in [2.24, 2.45) is 0 Å². The number of rotatable bonds is 2. The van der Waals surface area contributed by atoms with Gasteiger partial charge in [0.15, 0.2) is 0 Å². The molecule has 0 saturated heterocycles. The first kappa shape index (κ1) is 13.3. The van der Waals surface area contributed by atoms with Crippen molar-refractivity contribution in [3.8, 4) is 0 Å². The van der Waals surface area contributed by atoms with Gasteiger partial charge in [-0.05, 0) is 19.9 Å². The smallest absolute Gasteiger partial charge is 0.345 e. The first-order valence-electron chi connectivity index (χ1n) is 6.61. The molecule has 0 aliphatic rings. The predicted octanol–water partition coefficient (Wildman–Crippen LogP) is 2.83. The molecule has 5 nitrogen and oxygen atoms in total. The molecule has 0 aliphatic heterocycles. The average Bonchev–Trinajstić information content (AvgIpc) is 2.47. The third-order valence-corrected chi connectivity index (χ3v) is 3.33. The lowest BCUT2D eigenvalue weighted by atomic mass is 10.0. The van der Waals surface area contributed by atoms with Gasteiger partial charge in [-0.3, -0.25) is 4.98 Å². The van der Waals surface area contributed by atoms with Crippen LogP contribution in [0, 0.1) is 6.92 Å². The van der Waals surface area contributed by atoms with Crippen LogP contribution in [-0.2, 0) is 4.74 Å². The minimum Gasteiger partial charge on any atom is -0.462 e. The summed E-state index contributed by atoms with van der Waals surface area (Å²) < 4.78 is 10.4. The molecule has 3 aromatic rings. The van der Waals surface area contributed by atoms with Crippen LogP contribution in [0.3, 0.4) is 0 Å². The molecule has 21 heavy (non-hydrogen) atoms. The van der Waals surface area contributed by atoms with E-state index in [4.69, 9.17) is 9.15 Å². The van der Waals surface area contributed by atoms with Crippen LogP contribution in [0.1, 0.15) is 23.0 Å². The molecule has 106 valence electrons. The molecule has 0 bridgehead atoms. The van der Waals surface area contributed by atoms with Crippen LogP contribution in [-0.4, -0.2) is 17.6 Å². The van der Waals surface area contributed by atoms with E-state index >= 15 is 0 Å². The molecule has 1 aromatic carbocycles. The van der Waals surface area contributed by atoms with Gasteiger partial charge in [0.1, 0.15) is 5.58 Å². The fourth-order valence-corrected chi connectivity index (χ4v) is 2.41. The van der Waals surface area contributed by atoms with Crippen LogP contribution in [0.25, 0.3) is 21.7 Å². The fourth-order valence-electron chi connectivity index (χ4n) is 2.41. The van der Waals surface area contributed by atoms with E-state index in [1.165, 1.54) is 6.20 Å². The molecule has 0 aliphatic carbocycles.